The number of benzene rings is 1. The number of hydrogen-bond donors (Lipinski definition) is 2. The fourth-order valence-electron chi connectivity index (χ4n) is 1.55. The Labute approximate surface area is 76.2 Å². The lowest BCUT2D eigenvalue weighted by Crippen LogP contribution is -2.14. The first-order valence-corrected chi connectivity index (χ1v) is 4.43. The van der Waals surface area contributed by atoms with Gasteiger partial charge in [-0.05, 0) is 30.9 Å². The molecule has 1 saturated carbocycles. The minimum absolute atomic E-state index is 0.0283. The van der Waals surface area contributed by atoms with E-state index >= 15 is 0 Å². The first-order chi connectivity index (χ1) is 6.20. The van der Waals surface area contributed by atoms with E-state index in [0.29, 0.717) is 5.92 Å². The lowest BCUT2D eigenvalue weighted by Gasteiger charge is -2.12. The van der Waals surface area contributed by atoms with Crippen LogP contribution in [0.5, 0.6) is 5.75 Å². The fraction of sp³-hybridized carbons (Fsp3) is 0.400. The van der Waals surface area contributed by atoms with Crippen LogP contribution in [0.4, 0.5) is 4.39 Å². The van der Waals surface area contributed by atoms with Crippen molar-refractivity contribution in [3.63, 3.8) is 0 Å². The topological polar surface area (TPSA) is 46.2 Å². The molecule has 0 radical (unpaired) electrons. The Morgan fingerprint density at radius 3 is 2.69 bits per heavy atom. The highest BCUT2D eigenvalue weighted by molar-refractivity contribution is 5.36. The van der Waals surface area contributed by atoms with E-state index in [-0.39, 0.29) is 17.4 Å². The van der Waals surface area contributed by atoms with Crippen LogP contribution >= 0.6 is 0 Å². The van der Waals surface area contributed by atoms with Gasteiger partial charge in [0.05, 0.1) is 0 Å². The van der Waals surface area contributed by atoms with Crippen molar-refractivity contribution < 1.29 is 9.50 Å². The molecule has 0 spiro atoms. The van der Waals surface area contributed by atoms with Crippen molar-refractivity contribution in [2.24, 2.45) is 11.7 Å². The van der Waals surface area contributed by atoms with Gasteiger partial charge in [-0.1, -0.05) is 6.07 Å². The van der Waals surface area contributed by atoms with Gasteiger partial charge in [0.15, 0.2) is 0 Å². The van der Waals surface area contributed by atoms with Gasteiger partial charge in [-0.25, -0.2) is 4.39 Å². The normalized spacial score (nSPS) is 18.6. The zero-order chi connectivity index (χ0) is 9.42. The predicted molar refractivity (Wildman–Crippen MR) is 47.7 cm³/mol. The minimum atomic E-state index is -0.403. The van der Waals surface area contributed by atoms with Crippen LogP contribution in [-0.4, -0.2) is 5.11 Å². The summed E-state index contributed by atoms with van der Waals surface area (Å²) in [6.45, 7) is 0. The van der Waals surface area contributed by atoms with Gasteiger partial charge in [0.2, 0.25) is 0 Å². The molecule has 0 saturated heterocycles. The van der Waals surface area contributed by atoms with Gasteiger partial charge >= 0.3 is 0 Å². The lowest BCUT2D eigenvalue weighted by molar-refractivity contribution is 0.442. The second kappa shape index (κ2) is 3.00. The van der Waals surface area contributed by atoms with Gasteiger partial charge in [0.1, 0.15) is 11.6 Å². The molecule has 1 aromatic carbocycles. The number of hydrogen-bond acceptors (Lipinski definition) is 2. The smallest absolute Gasteiger partial charge is 0.131 e. The summed E-state index contributed by atoms with van der Waals surface area (Å²) in [5, 5.41) is 9.42. The number of rotatable bonds is 2. The Balaban J connectivity index is 2.36. The third-order valence-electron chi connectivity index (χ3n) is 2.49. The average Bonchev–Trinajstić information content (AvgIpc) is 2.85. The molecule has 0 aromatic heterocycles. The molecule has 0 aliphatic heterocycles. The molecule has 2 nitrogen and oxygen atoms in total. The molecule has 3 N–H and O–H groups in total. The van der Waals surface area contributed by atoms with Crippen molar-refractivity contribution in [3.8, 4) is 5.75 Å². The number of nitrogens with two attached hydrogens (primary N) is 1. The highest BCUT2D eigenvalue weighted by Gasteiger charge is 2.32. The van der Waals surface area contributed by atoms with Crippen molar-refractivity contribution in [1.82, 2.24) is 0 Å². The summed E-state index contributed by atoms with van der Waals surface area (Å²) in [6, 6.07) is 3.94. The predicted octanol–water partition coefficient (Wildman–Crippen LogP) is 1.94. The van der Waals surface area contributed by atoms with E-state index in [1.165, 1.54) is 18.2 Å². The summed E-state index contributed by atoms with van der Waals surface area (Å²) in [7, 11) is 0. The zero-order valence-corrected chi connectivity index (χ0v) is 7.20. The number of phenolic OH excluding ortho intramolecular Hbond substituents is 1. The largest absolute Gasteiger partial charge is 0.508 e. The molecule has 70 valence electrons. The summed E-state index contributed by atoms with van der Waals surface area (Å²) in [4.78, 5) is 0. The molecule has 1 aliphatic carbocycles. The molecular formula is C10H12FNO. The van der Waals surface area contributed by atoms with Gasteiger partial charge in [0.25, 0.3) is 0 Å². The second-order valence-corrected chi connectivity index (χ2v) is 3.54. The Bertz CT molecular complexity index is 302. The molecule has 1 aliphatic rings. The first-order valence-electron chi connectivity index (χ1n) is 4.43. The van der Waals surface area contributed by atoms with E-state index in [0.717, 1.165) is 12.8 Å². The molecule has 0 bridgehead atoms. The van der Waals surface area contributed by atoms with Crippen LogP contribution in [0, 0.1) is 11.7 Å². The lowest BCUT2D eigenvalue weighted by atomic mass is 10.0. The van der Waals surface area contributed by atoms with Crippen LogP contribution in [0.25, 0.3) is 0 Å². The first kappa shape index (κ1) is 8.51. The van der Waals surface area contributed by atoms with E-state index < -0.39 is 5.82 Å². The molecule has 3 heteroatoms. The summed E-state index contributed by atoms with van der Waals surface area (Å²) in [5.74, 6) is -0.0819. The highest BCUT2D eigenvalue weighted by Crippen LogP contribution is 2.42. The van der Waals surface area contributed by atoms with Crippen LogP contribution in [0.1, 0.15) is 24.4 Å². The Morgan fingerprint density at radius 2 is 2.15 bits per heavy atom. The van der Waals surface area contributed by atoms with Crippen LogP contribution in [0.3, 0.4) is 0 Å². The maximum Gasteiger partial charge on any atom is 0.131 e. The third-order valence-corrected chi connectivity index (χ3v) is 2.49. The third kappa shape index (κ3) is 1.52. The quantitative estimate of drug-likeness (QED) is 0.732. The van der Waals surface area contributed by atoms with Crippen molar-refractivity contribution in [2.75, 3.05) is 0 Å². The van der Waals surface area contributed by atoms with Crippen LogP contribution in [0.15, 0.2) is 18.2 Å². The summed E-state index contributed by atoms with van der Waals surface area (Å²) < 4.78 is 13.2. The van der Waals surface area contributed by atoms with Gasteiger partial charge in [-0.2, -0.15) is 0 Å². The average molecular weight is 181 g/mol. The number of aromatic hydroxyl groups is 1. The molecule has 1 atom stereocenters. The van der Waals surface area contributed by atoms with E-state index in [1.807, 2.05) is 0 Å². The number of phenols is 1. The van der Waals surface area contributed by atoms with E-state index in [2.05, 4.69) is 0 Å². The highest BCUT2D eigenvalue weighted by atomic mass is 19.1. The summed E-state index contributed by atoms with van der Waals surface area (Å²) in [5.41, 5.74) is 6.07. The Hall–Kier alpha value is -1.09. The van der Waals surface area contributed by atoms with E-state index in [9.17, 15) is 9.50 Å². The molecule has 2 rings (SSSR count). The monoisotopic (exact) mass is 181 g/mol. The Morgan fingerprint density at radius 1 is 1.46 bits per heavy atom. The maximum absolute atomic E-state index is 13.2. The van der Waals surface area contributed by atoms with Crippen molar-refractivity contribution in [2.45, 2.75) is 18.9 Å². The van der Waals surface area contributed by atoms with Crippen molar-refractivity contribution in [1.29, 1.82) is 0 Å². The second-order valence-electron chi connectivity index (χ2n) is 3.54. The summed E-state index contributed by atoms with van der Waals surface area (Å²) >= 11 is 0. The molecule has 1 aromatic rings. The molecule has 1 fully saturated rings. The fourth-order valence-corrected chi connectivity index (χ4v) is 1.55. The summed E-state index contributed by atoms with van der Waals surface area (Å²) in [6.07, 6.45) is 2.07. The van der Waals surface area contributed by atoms with Crippen molar-refractivity contribution in [3.05, 3.63) is 29.6 Å². The van der Waals surface area contributed by atoms with Gasteiger partial charge in [-0.15, -0.1) is 0 Å². The molecule has 13 heavy (non-hydrogen) atoms. The maximum atomic E-state index is 13.2. The SMILES string of the molecule is N[C@@H](c1c(O)cccc1F)C1CC1. The van der Waals surface area contributed by atoms with E-state index in [4.69, 9.17) is 5.73 Å². The van der Waals surface area contributed by atoms with Gasteiger partial charge in [-0.3, -0.25) is 0 Å². The molecule has 0 heterocycles. The standard InChI is InChI=1S/C10H12FNO/c11-7-2-1-3-8(13)9(7)10(12)6-4-5-6/h1-3,6,10,13H,4-5,12H2/t10-/m1/s1. The van der Waals surface area contributed by atoms with Gasteiger partial charge in [0, 0.05) is 11.6 Å². The molecular weight excluding hydrogens is 169 g/mol. The zero-order valence-electron chi connectivity index (χ0n) is 7.20. The van der Waals surface area contributed by atoms with Crippen LogP contribution < -0.4 is 5.73 Å². The van der Waals surface area contributed by atoms with Gasteiger partial charge < -0.3 is 10.8 Å². The molecule has 0 unspecified atom stereocenters. The van der Waals surface area contributed by atoms with E-state index in [1.54, 1.807) is 0 Å². The minimum Gasteiger partial charge on any atom is -0.508 e. The molecule has 0 amide bonds. The number of halogens is 1. The van der Waals surface area contributed by atoms with Crippen LogP contribution in [-0.2, 0) is 0 Å². The Kier molecular flexibility index (Phi) is 1.96. The van der Waals surface area contributed by atoms with Crippen molar-refractivity contribution >= 4 is 0 Å². The van der Waals surface area contributed by atoms with Crippen LogP contribution in [0.2, 0.25) is 0 Å².